The summed E-state index contributed by atoms with van der Waals surface area (Å²) in [6, 6.07) is 6.05. The number of aliphatic imine (C=N–C) groups is 1. The number of carbonyl (C=O) groups excluding carboxylic acids is 1. The Hall–Kier alpha value is -2.89. The summed E-state index contributed by atoms with van der Waals surface area (Å²) >= 11 is 0. The normalized spacial score (nSPS) is 25.3. The van der Waals surface area contributed by atoms with Gasteiger partial charge in [0.2, 0.25) is 0 Å². The molecule has 3 saturated heterocycles. The number of alkyl halides is 3. The maximum absolute atomic E-state index is 13.6. The van der Waals surface area contributed by atoms with Crippen molar-refractivity contribution in [1.29, 1.82) is 0 Å². The van der Waals surface area contributed by atoms with Gasteiger partial charge in [0, 0.05) is 69.2 Å². The molecule has 3 aliphatic heterocycles. The lowest BCUT2D eigenvalue weighted by Gasteiger charge is -2.38. The number of methoxy groups -OCH3 is 1. The summed E-state index contributed by atoms with van der Waals surface area (Å²) in [7, 11) is 1.70. The van der Waals surface area contributed by atoms with E-state index in [-0.39, 0.29) is 35.7 Å². The maximum Gasteiger partial charge on any atom is 0.416 e. The fourth-order valence-corrected chi connectivity index (χ4v) is 6.06. The molecule has 3 aliphatic rings. The number of amides is 1. The van der Waals surface area contributed by atoms with Crippen molar-refractivity contribution in [3.05, 3.63) is 58.9 Å². The van der Waals surface area contributed by atoms with Crippen molar-refractivity contribution >= 4 is 12.2 Å². The summed E-state index contributed by atoms with van der Waals surface area (Å²) in [5, 5.41) is 3.70. The smallest absolute Gasteiger partial charge is 0.390 e. The van der Waals surface area contributed by atoms with Crippen molar-refractivity contribution in [2.75, 3.05) is 46.5 Å². The SMILES string of the molecule is C=C(/C(C)=C(\N=CN)C(=O)N1CCC(NC2CCOCC2OC)CC1)N1CCCC(c2cccc(C(F)(F)F)c2)C1. The largest absolute Gasteiger partial charge is 0.416 e. The second kappa shape index (κ2) is 13.8. The quantitative estimate of drug-likeness (QED) is 0.210. The van der Waals surface area contributed by atoms with Gasteiger partial charge in [-0.2, -0.15) is 13.2 Å². The first-order chi connectivity index (χ1) is 19.6. The number of likely N-dealkylation sites (tertiary alicyclic amines) is 2. The average Bonchev–Trinajstić information content (AvgIpc) is 2.99. The summed E-state index contributed by atoms with van der Waals surface area (Å²) in [5.41, 5.74) is 7.16. The van der Waals surface area contributed by atoms with Crippen molar-refractivity contribution in [2.24, 2.45) is 10.7 Å². The number of nitrogens with one attached hydrogen (secondary N) is 1. The van der Waals surface area contributed by atoms with Crippen LogP contribution in [0.4, 0.5) is 13.2 Å². The van der Waals surface area contributed by atoms with E-state index in [0.29, 0.717) is 56.2 Å². The van der Waals surface area contributed by atoms with E-state index in [9.17, 15) is 18.0 Å². The molecular formula is C30H42F3N5O3. The molecule has 3 heterocycles. The summed E-state index contributed by atoms with van der Waals surface area (Å²) in [6.45, 7) is 9.73. The third-order valence-corrected chi connectivity index (χ3v) is 8.52. The van der Waals surface area contributed by atoms with Crippen LogP contribution in [0, 0.1) is 0 Å². The van der Waals surface area contributed by atoms with E-state index in [1.54, 1.807) is 25.0 Å². The van der Waals surface area contributed by atoms with Crippen molar-refractivity contribution in [3.63, 3.8) is 0 Å². The third-order valence-electron chi connectivity index (χ3n) is 8.52. The lowest BCUT2D eigenvalue weighted by atomic mass is 9.89. The van der Waals surface area contributed by atoms with Crippen LogP contribution in [0.2, 0.25) is 0 Å². The Labute approximate surface area is 240 Å². The highest BCUT2D eigenvalue weighted by Gasteiger charge is 2.33. The fraction of sp³-hybridized carbons (Fsp3) is 0.600. The molecular weight excluding hydrogens is 535 g/mol. The molecule has 3 atom stereocenters. The van der Waals surface area contributed by atoms with Crippen molar-refractivity contribution in [2.45, 2.75) is 69.3 Å². The molecule has 41 heavy (non-hydrogen) atoms. The number of rotatable bonds is 8. The standard InChI is InChI=1S/C30H42F3N5O3/c1-20(21(2)38-12-5-7-23(17-38)22-6-4-8-24(16-22)30(31,32)33)28(35-19-34)29(39)37-13-9-25(10-14-37)36-26-11-15-41-18-27(26)40-3/h4,6,8,16,19,23,25-27,36H,2,5,7,9-15,17-18H2,1,3H3,(H2,34,35)/b28-20-. The number of ether oxygens (including phenoxy) is 2. The second-order valence-electron chi connectivity index (χ2n) is 11.1. The number of nitrogens with zero attached hydrogens (tertiary/aromatic N) is 3. The van der Waals surface area contributed by atoms with Gasteiger partial charge in [-0.05, 0) is 50.7 Å². The predicted molar refractivity (Wildman–Crippen MR) is 152 cm³/mol. The average molecular weight is 578 g/mol. The van der Waals surface area contributed by atoms with Crippen LogP contribution in [0.1, 0.15) is 56.1 Å². The Kier molecular flexibility index (Phi) is 10.5. The molecule has 11 heteroatoms. The van der Waals surface area contributed by atoms with Crippen LogP contribution in [0.5, 0.6) is 0 Å². The Balaban J connectivity index is 1.40. The van der Waals surface area contributed by atoms with Gasteiger partial charge in [-0.15, -0.1) is 0 Å². The second-order valence-corrected chi connectivity index (χ2v) is 11.1. The first-order valence-corrected chi connectivity index (χ1v) is 14.3. The fourth-order valence-electron chi connectivity index (χ4n) is 6.06. The first kappa shape index (κ1) is 31.1. The molecule has 1 aromatic rings. The van der Waals surface area contributed by atoms with E-state index in [4.69, 9.17) is 15.2 Å². The Morgan fingerprint density at radius 1 is 1.20 bits per heavy atom. The number of piperidine rings is 2. The Bertz CT molecular complexity index is 1130. The third kappa shape index (κ3) is 7.69. The van der Waals surface area contributed by atoms with Gasteiger partial charge < -0.3 is 30.3 Å². The molecule has 0 saturated carbocycles. The molecule has 8 nitrogen and oxygen atoms in total. The molecule has 3 N–H and O–H groups in total. The van der Waals surface area contributed by atoms with Crippen LogP contribution in [0.25, 0.3) is 0 Å². The minimum atomic E-state index is -4.38. The van der Waals surface area contributed by atoms with Crippen LogP contribution < -0.4 is 11.1 Å². The van der Waals surface area contributed by atoms with E-state index in [1.807, 2.05) is 4.90 Å². The van der Waals surface area contributed by atoms with Crippen LogP contribution in [0.3, 0.4) is 0 Å². The molecule has 0 bridgehead atoms. The Morgan fingerprint density at radius 2 is 1.95 bits per heavy atom. The number of halogens is 3. The highest BCUT2D eigenvalue weighted by Crippen LogP contribution is 2.35. The van der Waals surface area contributed by atoms with E-state index in [1.165, 1.54) is 12.1 Å². The number of benzene rings is 1. The van der Waals surface area contributed by atoms with E-state index >= 15 is 0 Å². The van der Waals surface area contributed by atoms with Gasteiger partial charge in [0.25, 0.3) is 5.91 Å². The minimum Gasteiger partial charge on any atom is -0.390 e. The minimum absolute atomic E-state index is 0.0217. The number of hydrogen-bond acceptors (Lipinski definition) is 6. The van der Waals surface area contributed by atoms with E-state index < -0.39 is 11.7 Å². The van der Waals surface area contributed by atoms with Crippen molar-refractivity contribution in [3.8, 4) is 0 Å². The molecule has 4 rings (SSSR count). The van der Waals surface area contributed by atoms with Crippen LogP contribution in [-0.4, -0.2) is 86.7 Å². The zero-order valence-corrected chi connectivity index (χ0v) is 24.0. The zero-order chi connectivity index (χ0) is 29.6. The number of nitrogens with two attached hydrogens (primary N) is 1. The number of carbonyl (C=O) groups is 1. The molecule has 0 radical (unpaired) electrons. The monoisotopic (exact) mass is 577 g/mol. The summed E-state index contributed by atoms with van der Waals surface area (Å²) in [5.74, 6) is -0.274. The summed E-state index contributed by atoms with van der Waals surface area (Å²) in [4.78, 5) is 21.7. The molecule has 0 spiro atoms. The predicted octanol–water partition coefficient (Wildman–Crippen LogP) is 4.04. The number of hydrogen-bond donors (Lipinski definition) is 2. The van der Waals surface area contributed by atoms with Crippen molar-refractivity contribution in [1.82, 2.24) is 15.1 Å². The van der Waals surface area contributed by atoms with E-state index in [2.05, 4.69) is 16.9 Å². The Morgan fingerprint density at radius 3 is 2.63 bits per heavy atom. The van der Waals surface area contributed by atoms with Gasteiger partial charge in [0.05, 0.1) is 24.6 Å². The summed E-state index contributed by atoms with van der Waals surface area (Å²) < 4.78 is 51.0. The van der Waals surface area contributed by atoms with Crippen LogP contribution in [0.15, 0.2) is 52.8 Å². The lowest BCUT2D eigenvalue weighted by molar-refractivity contribution is -0.137. The molecule has 1 aromatic carbocycles. The van der Waals surface area contributed by atoms with Gasteiger partial charge in [0.15, 0.2) is 0 Å². The maximum atomic E-state index is 13.6. The molecule has 1 amide bonds. The molecule has 226 valence electrons. The number of allylic oxidation sites excluding steroid dienone is 1. The molecule has 3 unspecified atom stereocenters. The first-order valence-electron chi connectivity index (χ1n) is 14.3. The van der Waals surface area contributed by atoms with Gasteiger partial charge >= 0.3 is 6.18 Å². The highest BCUT2D eigenvalue weighted by molar-refractivity contribution is 5.95. The van der Waals surface area contributed by atoms with Crippen LogP contribution >= 0.6 is 0 Å². The lowest BCUT2D eigenvalue weighted by Crippen LogP contribution is -2.54. The molecule has 0 aromatic heterocycles. The molecule has 3 fully saturated rings. The van der Waals surface area contributed by atoms with Gasteiger partial charge in [-0.3, -0.25) is 4.79 Å². The van der Waals surface area contributed by atoms with Gasteiger partial charge in [-0.1, -0.05) is 24.8 Å². The zero-order valence-electron chi connectivity index (χ0n) is 24.0. The van der Waals surface area contributed by atoms with Gasteiger partial charge in [-0.25, -0.2) is 4.99 Å². The molecule has 0 aliphatic carbocycles. The van der Waals surface area contributed by atoms with Crippen LogP contribution in [-0.2, 0) is 20.4 Å². The highest BCUT2D eigenvalue weighted by atomic mass is 19.4. The van der Waals surface area contributed by atoms with Gasteiger partial charge in [0.1, 0.15) is 5.70 Å². The van der Waals surface area contributed by atoms with E-state index in [0.717, 1.165) is 44.5 Å². The summed E-state index contributed by atoms with van der Waals surface area (Å²) in [6.07, 6.45) is 0.848. The van der Waals surface area contributed by atoms with Crippen molar-refractivity contribution < 1.29 is 27.4 Å². The topological polar surface area (TPSA) is 92.4 Å².